The summed E-state index contributed by atoms with van der Waals surface area (Å²) in [5.41, 5.74) is 1.72. The van der Waals surface area contributed by atoms with E-state index in [4.69, 9.17) is 16.3 Å². The minimum atomic E-state index is -0.477. The smallest absolute Gasteiger partial charge is 0.269 e. The summed E-state index contributed by atoms with van der Waals surface area (Å²) < 4.78 is 5.72. The molecule has 0 saturated carbocycles. The van der Waals surface area contributed by atoms with Gasteiger partial charge in [0.05, 0.1) is 27.7 Å². The molecule has 5 nitrogen and oxygen atoms in total. The molecule has 25 heavy (non-hydrogen) atoms. The highest BCUT2D eigenvalue weighted by Crippen LogP contribution is 2.29. The molecule has 0 bridgehead atoms. The molecule has 0 fully saturated rings. The molecule has 0 aliphatic heterocycles. The van der Waals surface area contributed by atoms with Gasteiger partial charge in [0.1, 0.15) is 5.75 Å². The highest BCUT2D eigenvalue weighted by Gasteiger charge is 2.09. The van der Waals surface area contributed by atoms with Gasteiger partial charge in [0, 0.05) is 12.1 Å². The summed E-state index contributed by atoms with van der Waals surface area (Å²) >= 11 is 6.25. The quantitative estimate of drug-likeness (QED) is 0.297. The van der Waals surface area contributed by atoms with Crippen LogP contribution >= 0.6 is 11.6 Å². The number of ether oxygens (including phenoxy) is 1. The fourth-order valence-electron chi connectivity index (χ4n) is 2.11. The summed E-state index contributed by atoms with van der Waals surface area (Å²) in [5, 5.41) is 20.6. The van der Waals surface area contributed by atoms with Crippen molar-refractivity contribution in [3.63, 3.8) is 0 Å². The number of benzene rings is 2. The molecule has 0 aliphatic rings. The van der Waals surface area contributed by atoms with Crippen molar-refractivity contribution < 1.29 is 9.66 Å². The molecule has 2 aromatic carbocycles. The zero-order valence-corrected chi connectivity index (χ0v) is 14.7. The monoisotopic (exact) mass is 356 g/mol. The maximum Gasteiger partial charge on any atom is 0.269 e. The third-order valence-corrected chi connectivity index (χ3v) is 3.97. The Morgan fingerprint density at radius 2 is 2.04 bits per heavy atom. The van der Waals surface area contributed by atoms with Crippen molar-refractivity contribution in [2.45, 2.75) is 26.4 Å². The fourth-order valence-corrected chi connectivity index (χ4v) is 2.35. The molecule has 0 heterocycles. The van der Waals surface area contributed by atoms with Gasteiger partial charge in [-0.25, -0.2) is 0 Å². The Morgan fingerprint density at radius 3 is 2.56 bits per heavy atom. The number of nitro groups is 1. The highest BCUT2D eigenvalue weighted by molar-refractivity contribution is 6.32. The predicted molar refractivity (Wildman–Crippen MR) is 98.4 cm³/mol. The second-order valence-electron chi connectivity index (χ2n) is 5.50. The maximum atomic E-state index is 10.7. The van der Waals surface area contributed by atoms with E-state index in [0.717, 1.165) is 12.0 Å². The van der Waals surface area contributed by atoms with Crippen LogP contribution in [-0.2, 0) is 0 Å². The van der Waals surface area contributed by atoms with E-state index in [0.29, 0.717) is 21.9 Å². The molecule has 6 heteroatoms. The number of hydrogen-bond acceptors (Lipinski definition) is 4. The van der Waals surface area contributed by atoms with Crippen LogP contribution in [0.25, 0.3) is 11.6 Å². The van der Waals surface area contributed by atoms with E-state index in [1.165, 1.54) is 12.1 Å². The predicted octanol–water partition coefficient (Wildman–Crippen LogP) is 5.49. The first-order chi connectivity index (χ1) is 11.9. The van der Waals surface area contributed by atoms with Gasteiger partial charge in [0.2, 0.25) is 0 Å². The molecule has 2 rings (SSSR count). The van der Waals surface area contributed by atoms with Crippen LogP contribution in [0, 0.1) is 21.4 Å². The topological polar surface area (TPSA) is 76.2 Å². The summed E-state index contributed by atoms with van der Waals surface area (Å²) in [5.74, 6) is 0.599. The average molecular weight is 357 g/mol. The summed E-state index contributed by atoms with van der Waals surface area (Å²) in [7, 11) is 0. The van der Waals surface area contributed by atoms with Gasteiger partial charge < -0.3 is 4.74 Å². The van der Waals surface area contributed by atoms with Crippen LogP contribution in [0.5, 0.6) is 5.75 Å². The lowest BCUT2D eigenvalue weighted by molar-refractivity contribution is -0.384. The van der Waals surface area contributed by atoms with Crippen molar-refractivity contribution >= 4 is 28.9 Å². The van der Waals surface area contributed by atoms with E-state index in [1.54, 1.807) is 30.3 Å². The van der Waals surface area contributed by atoms with E-state index >= 15 is 0 Å². The third-order valence-electron chi connectivity index (χ3n) is 3.68. The molecule has 0 saturated heterocycles. The van der Waals surface area contributed by atoms with Gasteiger partial charge in [-0.2, -0.15) is 5.26 Å². The number of allylic oxidation sites excluding steroid dienone is 1. The van der Waals surface area contributed by atoms with Crippen molar-refractivity contribution in [1.29, 1.82) is 5.26 Å². The number of nitriles is 1. The van der Waals surface area contributed by atoms with Crippen LogP contribution in [0.3, 0.4) is 0 Å². The van der Waals surface area contributed by atoms with Crippen LogP contribution < -0.4 is 4.74 Å². The van der Waals surface area contributed by atoms with Crippen molar-refractivity contribution in [1.82, 2.24) is 0 Å². The van der Waals surface area contributed by atoms with E-state index in [9.17, 15) is 15.4 Å². The molecular formula is C19H17ClN2O3. The molecule has 0 unspecified atom stereocenters. The number of halogens is 1. The maximum absolute atomic E-state index is 10.7. The van der Waals surface area contributed by atoms with E-state index in [-0.39, 0.29) is 11.8 Å². The highest BCUT2D eigenvalue weighted by atomic mass is 35.5. The van der Waals surface area contributed by atoms with E-state index < -0.39 is 4.92 Å². The van der Waals surface area contributed by atoms with Gasteiger partial charge >= 0.3 is 0 Å². The lowest BCUT2D eigenvalue weighted by Crippen LogP contribution is -2.09. The number of nitrogens with zero attached hydrogens (tertiary/aromatic N) is 2. The SMILES string of the molecule is CC[C@H](C)Oc1ccc(/C=C(/C#N)c2ccc([N+](=O)[O-])cc2)cc1Cl. The second kappa shape index (κ2) is 8.32. The summed E-state index contributed by atoms with van der Waals surface area (Å²) in [6.45, 7) is 3.99. The van der Waals surface area contributed by atoms with Gasteiger partial charge in [0.15, 0.2) is 0 Å². The van der Waals surface area contributed by atoms with Crippen molar-refractivity contribution in [2.24, 2.45) is 0 Å². The average Bonchev–Trinajstić information content (AvgIpc) is 2.61. The van der Waals surface area contributed by atoms with Gasteiger partial charge in [0.25, 0.3) is 5.69 Å². The first-order valence-electron chi connectivity index (χ1n) is 7.77. The molecule has 0 spiro atoms. The molecule has 0 aromatic heterocycles. The fraction of sp³-hybridized carbons (Fsp3) is 0.211. The van der Waals surface area contributed by atoms with Crippen molar-refractivity contribution in [3.05, 3.63) is 68.7 Å². The summed E-state index contributed by atoms with van der Waals surface area (Å²) in [6.07, 6.45) is 2.62. The van der Waals surface area contributed by atoms with E-state index in [1.807, 2.05) is 19.9 Å². The largest absolute Gasteiger partial charge is 0.489 e. The first-order valence-corrected chi connectivity index (χ1v) is 8.15. The molecule has 128 valence electrons. The summed E-state index contributed by atoms with van der Waals surface area (Å²) in [4.78, 5) is 10.2. The second-order valence-corrected chi connectivity index (χ2v) is 5.91. The molecule has 1 atom stereocenters. The molecule has 2 aromatic rings. The van der Waals surface area contributed by atoms with Crippen LogP contribution in [-0.4, -0.2) is 11.0 Å². The third kappa shape index (κ3) is 4.82. The Bertz CT molecular complexity index is 839. The number of non-ortho nitro benzene ring substituents is 1. The zero-order chi connectivity index (χ0) is 18.4. The Labute approximate surface area is 151 Å². The standard InChI is InChI=1S/C19H17ClN2O3/c1-3-13(2)25-19-9-4-14(11-18(19)20)10-16(12-21)15-5-7-17(8-6-15)22(23)24/h4-11,13H,3H2,1-2H3/b16-10-/t13-/m0/s1. The Hall–Kier alpha value is -2.84. The van der Waals surface area contributed by atoms with Crippen molar-refractivity contribution in [2.75, 3.05) is 0 Å². The van der Waals surface area contributed by atoms with E-state index in [2.05, 4.69) is 6.07 Å². The Kier molecular flexibility index (Phi) is 6.15. The minimum Gasteiger partial charge on any atom is -0.489 e. The van der Waals surface area contributed by atoms with Crippen LogP contribution in [0.4, 0.5) is 5.69 Å². The Balaban J connectivity index is 2.29. The van der Waals surface area contributed by atoms with Crippen molar-refractivity contribution in [3.8, 4) is 11.8 Å². The lowest BCUT2D eigenvalue weighted by Gasteiger charge is -2.14. The van der Waals surface area contributed by atoms with Crippen LogP contribution in [0.1, 0.15) is 31.4 Å². The van der Waals surface area contributed by atoms with Gasteiger partial charge in [-0.05, 0) is 54.8 Å². The van der Waals surface area contributed by atoms with Gasteiger partial charge in [-0.1, -0.05) is 24.6 Å². The molecule has 0 amide bonds. The van der Waals surface area contributed by atoms with Crippen LogP contribution in [0.2, 0.25) is 5.02 Å². The first kappa shape index (κ1) is 18.5. The molecule has 0 radical (unpaired) electrons. The number of rotatable bonds is 6. The molecule has 0 N–H and O–H groups in total. The molecule has 0 aliphatic carbocycles. The number of hydrogen-bond donors (Lipinski definition) is 0. The minimum absolute atomic E-state index is 0.0179. The van der Waals surface area contributed by atoms with Gasteiger partial charge in [-0.3, -0.25) is 10.1 Å². The normalized spacial score (nSPS) is 12.3. The number of nitro benzene ring substituents is 1. The molecular weight excluding hydrogens is 340 g/mol. The van der Waals surface area contributed by atoms with Gasteiger partial charge in [-0.15, -0.1) is 0 Å². The zero-order valence-electron chi connectivity index (χ0n) is 13.9. The lowest BCUT2D eigenvalue weighted by atomic mass is 10.0. The van der Waals surface area contributed by atoms with Crippen LogP contribution in [0.15, 0.2) is 42.5 Å². The Morgan fingerprint density at radius 1 is 1.36 bits per heavy atom. The summed E-state index contributed by atoms with van der Waals surface area (Å²) in [6, 6.07) is 13.3.